The Balaban J connectivity index is 2.87. The van der Waals surface area contributed by atoms with E-state index in [1.165, 1.54) is 0 Å². The van der Waals surface area contributed by atoms with Crippen molar-refractivity contribution >= 4 is 17.4 Å². The van der Waals surface area contributed by atoms with Crippen LogP contribution in [0.1, 0.15) is 38.8 Å². The Morgan fingerprint density at radius 1 is 1.26 bits per heavy atom. The number of halogens is 1. The molecule has 0 saturated heterocycles. The van der Waals surface area contributed by atoms with Crippen molar-refractivity contribution in [2.45, 2.75) is 53.1 Å². The zero-order valence-corrected chi connectivity index (χ0v) is 13.2. The maximum Gasteiger partial charge on any atom is 0.152 e. The molecule has 0 aliphatic heterocycles. The van der Waals surface area contributed by atoms with Gasteiger partial charge in [-0.2, -0.15) is 0 Å². The summed E-state index contributed by atoms with van der Waals surface area (Å²) in [4.78, 5) is 12.2. The maximum absolute atomic E-state index is 12.2. The molecule has 0 heterocycles. The van der Waals surface area contributed by atoms with Gasteiger partial charge in [-0.15, -0.1) is 0 Å². The molecule has 0 radical (unpaired) electrons. The monoisotopic (exact) mass is 281 g/mol. The van der Waals surface area contributed by atoms with Crippen LogP contribution < -0.4 is 5.32 Å². The molecule has 0 aliphatic rings. The zero-order valence-electron chi connectivity index (χ0n) is 12.5. The Hall–Kier alpha value is -0.860. The summed E-state index contributed by atoms with van der Waals surface area (Å²) in [6.07, 6.45) is 0.690. The van der Waals surface area contributed by atoms with Crippen LogP contribution in [-0.2, 0) is 11.2 Å². The maximum atomic E-state index is 12.2. The summed E-state index contributed by atoms with van der Waals surface area (Å²) >= 11 is 6.14. The molecular weight excluding hydrogens is 258 g/mol. The van der Waals surface area contributed by atoms with Crippen LogP contribution >= 0.6 is 11.6 Å². The molecular formula is C16H24ClNO. The van der Waals surface area contributed by atoms with E-state index in [-0.39, 0.29) is 23.8 Å². The van der Waals surface area contributed by atoms with Gasteiger partial charge >= 0.3 is 0 Å². The van der Waals surface area contributed by atoms with E-state index in [0.717, 1.165) is 16.1 Å². The standard InChI is InChI=1S/C16H24ClNO/c1-10(2)16(19)15(18-11(3)4)9-13-7-6-12(5)14(17)8-13/h6-8,10-11,15,18H,9H2,1-5H3. The summed E-state index contributed by atoms with van der Waals surface area (Å²) in [5.41, 5.74) is 2.16. The number of carbonyl (C=O) groups is 1. The summed E-state index contributed by atoms with van der Waals surface area (Å²) in [6, 6.07) is 6.15. The second-order valence-electron chi connectivity index (χ2n) is 5.72. The lowest BCUT2D eigenvalue weighted by Gasteiger charge is -2.22. The minimum atomic E-state index is -0.140. The molecule has 1 N–H and O–H groups in total. The van der Waals surface area contributed by atoms with E-state index in [0.29, 0.717) is 6.42 Å². The van der Waals surface area contributed by atoms with Gasteiger partial charge in [-0.1, -0.05) is 51.4 Å². The highest BCUT2D eigenvalue weighted by Crippen LogP contribution is 2.18. The lowest BCUT2D eigenvalue weighted by atomic mass is 9.95. The predicted octanol–water partition coefficient (Wildman–Crippen LogP) is 3.78. The summed E-state index contributed by atoms with van der Waals surface area (Å²) < 4.78 is 0. The van der Waals surface area contributed by atoms with Crippen LogP contribution in [0.2, 0.25) is 5.02 Å². The van der Waals surface area contributed by atoms with Gasteiger partial charge in [0, 0.05) is 17.0 Å². The third-order valence-electron chi connectivity index (χ3n) is 3.12. The number of hydrogen-bond acceptors (Lipinski definition) is 2. The van der Waals surface area contributed by atoms with Gasteiger partial charge in [0.25, 0.3) is 0 Å². The molecule has 1 rings (SSSR count). The first-order valence-electron chi connectivity index (χ1n) is 6.86. The van der Waals surface area contributed by atoms with Gasteiger partial charge in [-0.3, -0.25) is 4.79 Å². The molecule has 2 nitrogen and oxygen atoms in total. The molecule has 19 heavy (non-hydrogen) atoms. The molecule has 0 bridgehead atoms. The first kappa shape index (κ1) is 16.2. The van der Waals surface area contributed by atoms with Crippen LogP contribution in [0.5, 0.6) is 0 Å². The summed E-state index contributed by atoms with van der Waals surface area (Å²) in [6.45, 7) is 9.99. The summed E-state index contributed by atoms with van der Waals surface area (Å²) in [5.74, 6) is 0.294. The molecule has 0 spiro atoms. The van der Waals surface area contributed by atoms with Crippen LogP contribution in [0, 0.1) is 12.8 Å². The fourth-order valence-electron chi connectivity index (χ4n) is 2.05. The number of carbonyl (C=O) groups excluding carboxylic acids is 1. The Bertz CT molecular complexity index is 440. The Labute approximate surface area is 121 Å². The third-order valence-corrected chi connectivity index (χ3v) is 3.53. The highest BCUT2D eigenvalue weighted by molar-refractivity contribution is 6.31. The van der Waals surface area contributed by atoms with E-state index in [9.17, 15) is 4.79 Å². The number of aryl methyl sites for hydroxylation is 1. The van der Waals surface area contributed by atoms with Gasteiger partial charge in [-0.25, -0.2) is 0 Å². The first-order valence-corrected chi connectivity index (χ1v) is 7.24. The lowest BCUT2D eigenvalue weighted by molar-refractivity contribution is -0.124. The minimum Gasteiger partial charge on any atom is -0.305 e. The molecule has 0 amide bonds. The highest BCUT2D eigenvalue weighted by atomic mass is 35.5. The number of rotatable bonds is 6. The van der Waals surface area contributed by atoms with Gasteiger partial charge in [0.2, 0.25) is 0 Å². The van der Waals surface area contributed by atoms with Crippen molar-refractivity contribution < 1.29 is 4.79 Å². The molecule has 1 atom stereocenters. The third kappa shape index (κ3) is 4.96. The van der Waals surface area contributed by atoms with E-state index >= 15 is 0 Å². The van der Waals surface area contributed by atoms with Crippen molar-refractivity contribution in [2.24, 2.45) is 5.92 Å². The Morgan fingerprint density at radius 3 is 2.37 bits per heavy atom. The molecule has 1 unspecified atom stereocenters. The fourth-order valence-corrected chi connectivity index (χ4v) is 2.25. The molecule has 0 fully saturated rings. The summed E-state index contributed by atoms with van der Waals surface area (Å²) in [5, 5.41) is 4.11. The predicted molar refractivity (Wildman–Crippen MR) is 81.8 cm³/mol. The van der Waals surface area contributed by atoms with Crippen LogP contribution in [-0.4, -0.2) is 17.9 Å². The van der Waals surface area contributed by atoms with E-state index in [1.807, 2.05) is 39.0 Å². The largest absolute Gasteiger partial charge is 0.305 e. The van der Waals surface area contributed by atoms with Crippen molar-refractivity contribution in [3.05, 3.63) is 34.3 Å². The molecule has 0 aromatic heterocycles. The van der Waals surface area contributed by atoms with Crippen LogP contribution in [0.4, 0.5) is 0 Å². The number of ketones is 1. The smallest absolute Gasteiger partial charge is 0.152 e. The number of nitrogens with one attached hydrogen (secondary N) is 1. The van der Waals surface area contributed by atoms with E-state index in [4.69, 9.17) is 11.6 Å². The van der Waals surface area contributed by atoms with Crippen LogP contribution in [0.15, 0.2) is 18.2 Å². The lowest BCUT2D eigenvalue weighted by Crippen LogP contribution is -2.44. The van der Waals surface area contributed by atoms with Crippen molar-refractivity contribution in [3.8, 4) is 0 Å². The average molecular weight is 282 g/mol. The topological polar surface area (TPSA) is 29.1 Å². The van der Waals surface area contributed by atoms with Crippen LogP contribution in [0.25, 0.3) is 0 Å². The first-order chi connectivity index (χ1) is 8.81. The number of benzene rings is 1. The van der Waals surface area contributed by atoms with Gasteiger partial charge < -0.3 is 5.32 Å². The van der Waals surface area contributed by atoms with Crippen molar-refractivity contribution in [1.82, 2.24) is 5.32 Å². The van der Waals surface area contributed by atoms with Crippen molar-refractivity contribution in [3.63, 3.8) is 0 Å². The van der Waals surface area contributed by atoms with Crippen LogP contribution in [0.3, 0.4) is 0 Å². The summed E-state index contributed by atoms with van der Waals surface area (Å²) in [7, 11) is 0. The number of Topliss-reactive ketones (excluding diaryl/α,β-unsaturated/α-hetero) is 1. The normalized spacial score (nSPS) is 13.1. The molecule has 106 valence electrons. The van der Waals surface area contributed by atoms with Gasteiger partial charge in [-0.05, 0) is 30.5 Å². The van der Waals surface area contributed by atoms with E-state index in [1.54, 1.807) is 0 Å². The minimum absolute atomic E-state index is 0.0390. The highest BCUT2D eigenvalue weighted by Gasteiger charge is 2.22. The van der Waals surface area contributed by atoms with Crippen molar-refractivity contribution in [2.75, 3.05) is 0 Å². The second-order valence-corrected chi connectivity index (χ2v) is 6.13. The molecule has 3 heteroatoms. The quantitative estimate of drug-likeness (QED) is 0.860. The molecule has 1 aromatic rings. The molecule has 0 aliphatic carbocycles. The average Bonchev–Trinajstić information content (AvgIpc) is 2.31. The van der Waals surface area contributed by atoms with Gasteiger partial charge in [0.05, 0.1) is 6.04 Å². The zero-order chi connectivity index (χ0) is 14.6. The van der Waals surface area contributed by atoms with E-state index < -0.39 is 0 Å². The number of hydrogen-bond donors (Lipinski definition) is 1. The van der Waals surface area contributed by atoms with Gasteiger partial charge in [0.1, 0.15) is 0 Å². The van der Waals surface area contributed by atoms with E-state index in [2.05, 4.69) is 19.2 Å². The Morgan fingerprint density at radius 2 is 1.89 bits per heavy atom. The second kappa shape index (κ2) is 7.06. The van der Waals surface area contributed by atoms with Gasteiger partial charge in [0.15, 0.2) is 5.78 Å². The molecule has 1 aromatic carbocycles. The Kier molecular flexibility index (Phi) is 6.02. The SMILES string of the molecule is Cc1ccc(CC(NC(C)C)C(=O)C(C)C)cc1Cl. The van der Waals surface area contributed by atoms with Crippen molar-refractivity contribution in [1.29, 1.82) is 0 Å². The molecule has 0 saturated carbocycles. The fraction of sp³-hybridized carbons (Fsp3) is 0.562.